The normalized spacial score (nSPS) is 20.5. The molecule has 156 valence electrons. The second-order valence-electron chi connectivity index (χ2n) is 7.14. The van der Waals surface area contributed by atoms with Crippen molar-refractivity contribution in [3.8, 4) is 11.8 Å². The molecule has 4 rings (SSSR count). The second kappa shape index (κ2) is 6.76. The average molecular weight is 421 g/mol. The molecule has 1 aromatic heterocycles. The number of nitrogens with zero attached hydrogens (tertiary/aromatic N) is 2. The van der Waals surface area contributed by atoms with Crippen LogP contribution in [0.2, 0.25) is 0 Å². The first-order chi connectivity index (χ1) is 14.1. The molecule has 2 aliphatic rings. The minimum atomic E-state index is -5.00. The largest absolute Gasteiger partial charge is 0.427 e. The molecule has 1 aliphatic heterocycles. The zero-order valence-corrected chi connectivity index (χ0v) is 15.3. The Morgan fingerprint density at radius 3 is 2.70 bits per heavy atom. The summed E-state index contributed by atoms with van der Waals surface area (Å²) in [5, 5.41) is 4.08. The molecule has 1 atom stereocenters. The summed E-state index contributed by atoms with van der Waals surface area (Å²) in [5.41, 5.74) is 0.725. The number of benzene rings is 1. The molecule has 0 saturated heterocycles. The highest BCUT2D eigenvalue weighted by Crippen LogP contribution is 2.45. The quantitative estimate of drug-likeness (QED) is 0.512. The number of nitrogens with one attached hydrogen (secondary N) is 2. The number of nitrogen functional groups attached to an aromatic ring is 1. The predicted molar refractivity (Wildman–Crippen MR) is 98.8 cm³/mol. The number of aromatic nitrogens is 2. The van der Waals surface area contributed by atoms with Gasteiger partial charge in [-0.25, -0.2) is 14.2 Å². The fourth-order valence-corrected chi connectivity index (χ4v) is 3.14. The number of hydrogen-bond acceptors (Lipinski definition) is 4. The fourth-order valence-electron chi connectivity index (χ4n) is 3.14. The summed E-state index contributed by atoms with van der Waals surface area (Å²) in [4.78, 5) is 27.8. The van der Waals surface area contributed by atoms with Crippen LogP contribution in [0.1, 0.15) is 24.0 Å². The van der Waals surface area contributed by atoms with Crippen LogP contribution >= 0.6 is 0 Å². The average Bonchev–Trinajstić information content (AvgIpc) is 3.48. The molecule has 0 spiro atoms. The molecule has 0 unspecified atom stereocenters. The molecule has 7 nitrogen and oxygen atoms in total. The van der Waals surface area contributed by atoms with Gasteiger partial charge in [0.1, 0.15) is 11.5 Å². The van der Waals surface area contributed by atoms with Gasteiger partial charge >= 0.3 is 12.2 Å². The van der Waals surface area contributed by atoms with Gasteiger partial charge in [-0.1, -0.05) is 11.8 Å². The van der Waals surface area contributed by atoms with Gasteiger partial charge in [0, 0.05) is 22.7 Å². The number of halogens is 4. The summed E-state index contributed by atoms with van der Waals surface area (Å²) in [5.74, 6) is 3.49. The fraction of sp³-hybridized carbons (Fsp3) is 0.316. The van der Waals surface area contributed by atoms with E-state index in [1.807, 2.05) is 5.32 Å². The number of amides is 2. The maximum absolute atomic E-state index is 14.8. The van der Waals surface area contributed by atoms with Crippen LogP contribution in [-0.2, 0) is 12.1 Å². The van der Waals surface area contributed by atoms with E-state index in [1.54, 1.807) is 0 Å². The van der Waals surface area contributed by atoms with Crippen LogP contribution in [0, 0.1) is 23.6 Å². The third-order valence-electron chi connectivity index (χ3n) is 4.87. The Bertz CT molecular complexity index is 1160. The number of urea groups is 1. The van der Waals surface area contributed by atoms with E-state index in [0.29, 0.717) is 18.9 Å². The molecule has 0 bridgehead atoms. The Hall–Kier alpha value is -3.55. The van der Waals surface area contributed by atoms with Gasteiger partial charge in [0.05, 0.1) is 19.1 Å². The van der Waals surface area contributed by atoms with Crippen molar-refractivity contribution >= 4 is 17.4 Å². The highest BCUT2D eigenvalue weighted by molar-refractivity contribution is 5.95. The molecule has 2 heterocycles. The van der Waals surface area contributed by atoms with Crippen molar-refractivity contribution in [1.82, 2.24) is 14.9 Å². The van der Waals surface area contributed by atoms with Crippen molar-refractivity contribution in [1.29, 1.82) is 0 Å². The van der Waals surface area contributed by atoms with Gasteiger partial charge in [0.25, 0.3) is 5.56 Å². The van der Waals surface area contributed by atoms with Crippen LogP contribution in [0.5, 0.6) is 0 Å². The van der Waals surface area contributed by atoms with E-state index >= 15 is 0 Å². The summed E-state index contributed by atoms with van der Waals surface area (Å²) < 4.78 is 58.0. The number of hydrogen-bond donors (Lipinski definition) is 3. The zero-order valence-electron chi connectivity index (χ0n) is 15.3. The van der Waals surface area contributed by atoms with Gasteiger partial charge in [-0.2, -0.15) is 13.2 Å². The summed E-state index contributed by atoms with van der Waals surface area (Å²) in [6, 6.07) is 0.611. The van der Waals surface area contributed by atoms with E-state index in [0.717, 1.165) is 23.2 Å². The molecule has 1 aliphatic carbocycles. The molecule has 30 heavy (non-hydrogen) atoms. The topological polar surface area (TPSA) is 102 Å². The van der Waals surface area contributed by atoms with Crippen LogP contribution in [0.25, 0.3) is 0 Å². The van der Waals surface area contributed by atoms with E-state index in [4.69, 9.17) is 5.73 Å². The van der Waals surface area contributed by atoms with Crippen molar-refractivity contribution < 1.29 is 22.4 Å². The van der Waals surface area contributed by atoms with Gasteiger partial charge in [-0.15, -0.1) is 0 Å². The van der Waals surface area contributed by atoms with Crippen molar-refractivity contribution in [2.45, 2.75) is 31.1 Å². The lowest BCUT2D eigenvalue weighted by Crippen LogP contribution is -2.59. The van der Waals surface area contributed by atoms with E-state index < -0.39 is 34.7 Å². The monoisotopic (exact) mass is 421 g/mol. The maximum atomic E-state index is 14.8. The minimum Gasteiger partial charge on any atom is -0.393 e. The third kappa shape index (κ3) is 3.34. The number of carbonyl (C=O) groups is 1. The molecular formula is C19H15F4N5O2. The Kier molecular flexibility index (Phi) is 4.45. The first-order valence-electron chi connectivity index (χ1n) is 8.92. The molecule has 0 radical (unpaired) electrons. The Morgan fingerprint density at radius 2 is 2.03 bits per heavy atom. The van der Waals surface area contributed by atoms with Crippen LogP contribution in [-0.4, -0.2) is 21.8 Å². The number of alkyl halides is 3. The number of nitrogens with two attached hydrogens (primary N) is 1. The Balaban J connectivity index is 1.84. The van der Waals surface area contributed by atoms with Gasteiger partial charge in [-0.05, 0) is 25.0 Å². The van der Waals surface area contributed by atoms with Crippen molar-refractivity contribution in [3.05, 3.63) is 52.0 Å². The molecular weight excluding hydrogens is 406 g/mol. The lowest BCUT2D eigenvalue weighted by molar-refractivity contribution is -0.178. The predicted octanol–water partition coefficient (Wildman–Crippen LogP) is 2.32. The van der Waals surface area contributed by atoms with Crippen molar-refractivity contribution in [2.75, 3.05) is 11.1 Å². The second-order valence-corrected chi connectivity index (χ2v) is 7.14. The highest BCUT2D eigenvalue weighted by Gasteiger charge is 2.59. The zero-order chi connectivity index (χ0) is 21.7. The lowest BCUT2D eigenvalue weighted by atomic mass is 9.85. The minimum absolute atomic E-state index is 0.128. The molecule has 2 amide bonds. The van der Waals surface area contributed by atoms with E-state index in [2.05, 4.69) is 22.1 Å². The number of carbonyl (C=O) groups excluding carboxylic acids is 1. The van der Waals surface area contributed by atoms with Crippen LogP contribution in [0.4, 0.5) is 33.7 Å². The van der Waals surface area contributed by atoms with Crippen LogP contribution < -0.4 is 21.9 Å². The first kappa shape index (κ1) is 19.8. The smallest absolute Gasteiger partial charge is 0.393 e. The van der Waals surface area contributed by atoms with Gasteiger partial charge in [0.2, 0.25) is 5.54 Å². The molecule has 11 heteroatoms. The molecule has 1 aromatic carbocycles. The number of fused-ring (bicyclic) bond motifs is 1. The van der Waals surface area contributed by atoms with Gasteiger partial charge in [-0.3, -0.25) is 9.36 Å². The van der Waals surface area contributed by atoms with Crippen LogP contribution in [0.3, 0.4) is 0 Å². The molecule has 1 fully saturated rings. The molecule has 4 N–H and O–H groups in total. The summed E-state index contributed by atoms with van der Waals surface area (Å²) in [7, 11) is 0. The molecule has 1 saturated carbocycles. The Labute approximate surface area is 167 Å². The van der Waals surface area contributed by atoms with E-state index in [9.17, 15) is 27.2 Å². The third-order valence-corrected chi connectivity index (χ3v) is 4.87. The number of anilines is 2. The first-order valence-corrected chi connectivity index (χ1v) is 8.92. The van der Waals surface area contributed by atoms with E-state index in [1.165, 1.54) is 0 Å². The van der Waals surface area contributed by atoms with Gasteiger partial charge < -0.3 is 16.4 Å². The Morgan fingerprint density at radius 1 is 1.30 bits per heavy atom. The summed E-state index contributed by atoms with van der Waals surface area (Å²) in [6.07, 6.45) is -1.39. The molecule has 2 aromatic rings. The van der Waals surface area contributed by atoms with E-state index in [-0.39, 0.29) is 29.4 Å². The summed E-state index contributed by atoms with van der Waals surface area (Å²) >= 11 is 0. The van der Waals surface area contributed by atoms with Gasteiger partial charge in [0.15, 0.2) is 0 Å². The maximum Gasteiger partial charge on any atom is 0.427 e. The SMILES string of the molecule is Nc1cncn(Cc2cc3c(cc2F)[C@@](C#CC2CC2)(C(F)(F)F)NC(=O)N3)c1=O. The van der Waals surface area contributed by atoms with Crippen molar-refractivity contribution in [3.63, 3.8) is 0 Å². The van der Waals surface area contributed by atoms with Crippen LogP contribution in [0.15, 0.2) is 29.5 Å². The highest BCUT2D eigenvalue weighted by atomic mass is 19.4. The number of rotatable bonds is 2. The van der Waals surface area contributed by atoms with Crippen molar-refractivity contribution in [2.24, 2.45) is 5.92 Å². The standard InChI is InChI=1S/C19H15F4N5O2/c20-13-6-12-15(5-11(13)8-28-9-25-7-14(24)16(28)29)26-17(30)27-18(12,19(21,22)23)4-3-10-1-2-10/h5-7,9-10H,1-2,8,24H2,(H2,26,27,30)/t18-/m0/s1. The summed E-state index contributed by atoms with van der Waals surface area (Å²) in [6.45, 7) is -0.341. The lowest BCUT2D eigenvalue weighted by Gasteiger charge is -2.37.